The summed E-state index contributed by atoms with van der Waals surface area (Å²) < 4.78 is 4.96. The smallest absolute Gasteiger partial charge is 0.308 e. The first-order chi connectivity index (χ1) is 6.72. The average Bonchev–Trinajstić information content (AvgIpc) is 2.14. The zero-order valence-electron chi connectivity index (χ0n) is 8.49. The number of esters is 1. The Morgan fingerprint density at radius 2 is 2.29 bits per heavy atom. The molecule has 14 heavy (non-hydrogen) atoms. The molecule has 0 fully saturated rings. The van der Waals surface area contributed by atoms with Crippen LogP contribution in [0.2, 0.25) is 0 Å². The van der Waals surface area contributed by atoms with Gasteiger partial charge >= 0.3 is 5.97 Å². The average molecular weight is 190 g/mol. The molecule has 0 amide bonds. The van der Waals surface area contributed by atoms with E-state index in [2.05, 4.69) is 13.0 Å². The van der Waals surface area contributed by atoms with E-state index in [-0.39, 0.29) is 5.97 Å². The maximum Gasteiger partial charge on any atom is 0.308 e. The maximum atomic E-state index is 10.7. The molecular formula is C12H14O2. The van der Waals surface area contributed by atoms with Gasteiger partial charge in [0, 0.05) is 6.92 Å². The summed E-state index contributed by atoms with van der Waals surface area (Å²) in [6, 6.07) is 7.45. The van der Waals surface area contributed by atoms with E-state index in [1.54, 1.807) is 6.07 Å². The van der Waals surface area contributed by atoms with Gasteiger partial charge in [-0.25, -0.2) is 0 Å². The minimum Gasteiger partial charge on any atom is -0.427 e. The van der Waals surface area contributed by atoms with Crippen LogP contribution in [0.5, 0.6) is 5.75 Å². The lowest BCUT2D eigenvalue weighted by atomic mass is 10.2. The van der Waals surface area contributed by atoms with E-state index >= 15 is 0 Å². The fraction of sp³-hybridized carbons (Fsp3) is 0.250. The summed E-state index contributed by atoms with van der Waals surface area (Å²) in [5.74, 6) is 0.303. The molecule has 0 atom stereocenters. The molecule has 0 aromatic heterocycles. The summed E-state index contributed by atoms with van der Waals surface area (Å²) in [5.41, 5.74) is 1.05. The highest BCUT2D eigenvalue weighted by molar-refractivity contribution is 5.69. The second-order valence-electron chi connectivity index (χ2n) is 2.98. The summed E-state index contributed by atoms with van der Waals surface area (Å²) in [6.45, 7) is 3.47. The van der Waals surface area contributed by atoms with Gasteiger partial charge < -0.3 is 4.74 Å². The van der Waals surface area contributed by atoms with Gasteiger partial charge in [-0.05, 0) is 24.1 Å². The van der Waals surface area contributed by atoms with E-state index in [1.807, 2.05) is 24.3 Å². The molecule has 0 saturated heterocycles. The maximum absolute atomic E-state index is 10.7. The van der Waals surface area contributed by atoms with Crippen molar-refractivity contribution in [3.8, 4) is 5.75 Å². The van der Waals surface area contributed by atoms with Gasteiger partial charge in [-0.1, -0.05) is 31.2 Å². The van der Waals surface area contributed by atoms with Crippen molar-refractivity contribution in [2.75, 3.05) is 0 Å². The van der Waals surface area contributed by atoms with Crippen molar-refractivity contribution in [2.45, 2.75) is 20.3 Å². The number of carbonyl (C=O) groups excluding carboxylic acids is 1. The van der Waals surface area contributed by atoms with E-state index in [0.717, 1.165) is 12.0 Å². The zero-order valence-corrected chi connectivity index (χ0v) is 8.49. The number of benzene rings is 1. The molecular weight excluding hydrogens is 176 g/mol. The van der Waals surface area contributed by atoms with Gasteiger partial charge in [-0.15, -0.1) is 0 Å². The minimum absolute atomic E-state index is 0.290. The third kappa shape index (κ3) is 3.44. The molecule has 74 valence electrons. The first-order valence-corrected chi connectivity index (χ1v) is 4.67. The first-order valence-electron chi connectivity index (χ1n) is 4.67. The Balaban J connectivity index is 2.78. The van der Waals surface area contributed by atoms with Crippen LogP contribution in [0, 0.1) is 0 Å². The molecule has 0 bridgehead atoms. The van der Waals surface area contributed by atoms with Crippen LogP contribution in [0.15, 0.2) is 30.3 Å². The topological polar surface area (TPSA) is 26.3 Å². The predicted octanol–water partition coefficient (Wildman–Crippen LogP) is 3.04. The third-order valence-corrected chi connectivity index (χ3v) is 1.67. The monoisotopic (exact) mass is 190 g/mol. The van der Waals surface area contributed by atoms with Crippen molar-refractivity contribution in [3.63, 3.8) is 0 Å². The molecule has 1 rings (SSSR count). The van der Waals surface area contributed by atoms with Crippen LogP contribution in [0.25, 0.3) is 6.08 Å². The highest BCUT2D eigenvalue weighted by Crippen LogP contribution is 2.14. The third-order valence-electron chi connectivity index (χ3n) is 1.67. The lowest BCUT2D eigenvalue weighted by molar-refractivity contribution is -0.131. The number of rotatable bonds is 3. The summed E-state index contributed by atoms with van der Waals surface area (Å²) in [4.78, 5) is 10.7. The molecule has 0 radical (unpaired) electrons. The van der Waals surface area contributed by atoms with Crippen LogP contribution in [0.1, 0.15) is 25.8 Å². The number of hydrogen-bond acceptors (Lipinski definition) is 2. The Hall–Kier alpha value is -1.57. The van der Waals surface area contributed by atoms with Crippen LogP contribution < -0.4 is 4.74 Å². The fourth-order valence-electron chi connectivity index (χ4n) is 1.10. The molecule has 0 aliphatic rings. The lowest BCUT2D eigenvalue weighted by Gasteiger charge is -2.01. The highest BCUT2D eigenvalue weighted by atomic mass is 16.5. The van der Waals surface area contributed by atoms with Crippen molar-refractivity contribution < 1.29 is 9.53 Å². The number of hydrogen-bond donors (Lipinski definition) is 0. The van der Waals surface area contributed by atoms with Gasteiger partial charge in [0.25, 0.3) is 0 Å². The normalized spacial score (nSPS) is 10.4. The summed E-state index contributed by atoms with van der Waals surface area (Å²) in [5, 5.41) is 0. The van der Waals surface area contributed by atoms with Crippen molar-refractivity contribution in [2.24, 2.45) is 0 Å². The quantitative estimate of drug-likeness (QED) is 0.541. The molecule has 1 aromatic rings. The van der Waals surface area contributed by atoms with Gasteiger partial charge in [-0.2, -0.15) is 0 Å². The van der Waals surface area contributed by atoms with Crippen molar-refractivity contribution in [3.05, 3.63) is 35.9 Å². The Morgan fingerprint density at radius 1 is 1.50 bits per heavy atom. The first kappa shape index (κ1) is 10.5. The molecule has 0 N–H and O–H groups in total. The lowest BCUT2D eigenvalue weighted by Crippen LogP contribution is -2.00. The minimum atomic E-state index is -0.290. The van der Waals surface area contributed by atoms with E-state index in [9.17, 15) is 4.79 Å². The van der Waals surface area contributed by atoms with E-state index in [0.29, 0.717) is 5.75 Å². The molecule has 2 heteroatoms. The molecule has 0 aliphatic carbocycles. The van der Waals surface area contributed by atoms with Crippen LogP contribution in [0.4, 0.5) is 0 Å². The summed E-state index contributed by atoms with van der Waals surface area (Å²) in [6.07, 6.45) is 5.07. The highest BCUT2D eigenvalue weighted by Gasteiger charge is 1.97. The summed E-state index contributed by atoms with van der Waals surface area (Å²) in [7, 11) is 0. The van der Waals surface area contributed by atoms with E-state index in [4.69, 9.17) is 4.74 Å². The van der Waals surface area contributed by atoms with E-state index < -0.39 is 0 Å². The summed E-state index contributed by atoms with van der Waals surface area (Å²) >= 11 is 0. The van der Waals surface area contributed by atoms with Crippen LogP contribution >= 0.6 is 0 Å². The second kappa shape index (κ2) is 5.22. The molecule has 2 nitrogen and oxygen atoms in total. The second-order valence-corrected chi connectivity index (χ2v) is 2.98. The molecule has 0 saturated carbocycles. The Bertz CT molecular complexity index is 340. The van der Waals surface area contributed by atoms with Gasteiger partial charge in [0.2, 0.25) is 0 Å². The molecule has 0 heterocycles. The number of allylic oxidation sites excluding steroid dienone is 1. The van der Waals surface area contributed by atoms with Crippen LogP contribution in [-0.2, 0) is 4.79 Å². The molecule has 0 spiro atoms. The SMILES string of the molecule is CCC=Cc1cccc(OC(C)=O)c1. The molecule has 1 aromatic carbocycles. The fourth-order valence-corrected chi connectivity index (χ4v) is 1.10. The largest absolute Gasteiger partial charge is 0.427 e. The van der Waals surface area contributed by atoms with Crippen molar-refractivity contribution in [1.82, 2.24) is 0 Å². The Kier molecular flexibility index (Phi) is 3.92. The van der Waals surface area contributed by atoms with Crippen molar-refractivity contribution in [1.29, 1.82) is 0 Å². The van der Waals surface area contributed by atoms with Crippen LogP contribution in [0.3, 0.4) is 0 Å². The standard InChI is InChI=1S/C12H14O2/c1-3-4-6-11-7-5-8-12(9-11)14-10(2)13/h4-9H,3H2,1-2H3. The Morgan fingerprint density at radius 3 is 2.93 bits per heavy atom. The number of ether oxygens (including phenoxy) is 1. The number of carbonyl (C=O) groups is 1. The van der Waals surface area contributed by atoms with Gasteiger partial charge in [0.15, 0.2) is 0 Å². The molecule has 0 unspecified atom stereocenters. The van der Waals surface area contributed by atoms with Crippen LogP contribution in [-0.4, -0.2) is 5.97 Å². The van der Waals surface area contributed by atoms with Crippen molar-refractivity contribution >= 4 is 12.0 Å². The van der Waals surface area contributed by atoms with Gasteiger partial charge in [-0.3, -0.25) is 4.79 Å². The van der Waals surface area contributed by atoms with E-state index in [1.165, 1.54) is 6.92 Å². The molecule has 0 aliphatic heterocycles. The zero-order chi connectivity index (χ0) is 10.4. The van der Waals surface area contributed by atoms with Gasteiger partial charge in [0.05, 0.1) is 0 Å². The Labute approximate surface area is 84.2 Å². The predicted molar refractivity (Wildman–Crippen MR) is 57.1 cm³/mol. The van der Waals surface area contributed by atoms with Gasteiger partial charge in [0.1, 0.15) is 5.75 Å².